The molecule has 0 spiro atoms. The predicted molar refractivity (Wildman–Crippen MR) is 121 cm³/mol. The molecule has 0 radical (unpaired) electrons. The van der Waals surface area contributed by atoms with Gasteiger partial charge in [-0.05, 0) is 56.0 Å². The van der Waals surface area contributed by atoms with Crippen LogP contribution in [0.15, 0.2) is 47.4 Å². The summed E-state index contributed by atoms with van der Waals surface area (Å²) in [5, 5.41) is 0.0694. The van der Waals surface area contributed by atoms with E-state index in [4.69, 9.17) is 16.3 Å². The Bertz CT molecular complexity index is 1140. The summed E-state index contributed by atoms with van der Waals surface area (Å²) in [7, 11) is -3.73. The van der Waals surface area contributed by atoms with Crippen molar-refractivity contribution in [1.82, 2.24) is 4.31 Å². The van der Waals surface area contributed by atoms with Crippen molar-refractivity contribution in [2.24, 2.45) is 0 Å². The topological polar surface area (TPSA) is 84.0 Å². The quantitative estimate of drug-likeness (QED) is 0.615. The minimum absolute atomic E-state index is 0.0100. The van der Waals surface area contributed by atoms with Crippen molar-refractivity contribution in [2.75, 3.05) is 24.6 Å². The number of amides is 1. The molecule has 0 N–H and O–H groups in total. The molecule has 2 aliphatic heterocycles. The molecule has 0 unspecified atom stereocenters. The fourth-order valence-corrected chi connectivity index (χ4v) is 6.03. The summed E-state index contributed by atoms with van der Waals surface area (Å²) in [4.78, 5) is 27.1. The van der Waals surface area contributed by atoms with Gasteiger partial charge in [-0.25, -0.2) is 13.2 Å². The zero-order valence-electron chi connectivity index (χ0n) is 17.8. The third-order valence-electron chi connectivity index (χ3n) is 5.91. The monoisotopic (exact) mass is 476 g/mol. The Kier molecular flexibility index (Phi) is 6.55. The van der Waals surface area contributed by atoms with Crippen LogP contribution in [0, 0.1) is 0 Å². The Morgan fingerprint density at radius 1 is 1.09 bits per heavy atom. The Hall–Kier alpha value is -2.42. The summed E-state index contributed by atoms with van der Waals surface area (Å²) in [6, 6.07) is 11.6. The van der Waals surface area contributed by atoms with E-state index in [9.17, 15) is 18.0 Å². The molecule has 0 bridgehead atoms. The van der Waals surface area contributed by atoms with Crippen LogP contribution in [-0.2, 0) is 26.0 Å². The predicted octanol–water partition coefficient (Wildman–Crippen LogP) is 3.65. The number of anilines is 1. The highest BCUT2D eigenvalue weighted by molar-refractivity contribution is 7.89. The first-order valence-electron chi connectivity index (χ1n) is 10.7. The number of fused-ring (bicyclic) bond motifs is 1. The van der Waals surface area contributed by atoms with Gasteiger partial charge in [-0.1, -0.05) is 36.2 Å². The second-order valence-electron chi connectivity index (χ2n) is 8.13. The molecule has 1 fully saturated rings. The average molecular weight is 477 g/mol. The van der Waals surface area contributed by atoms with E-state index < -0.39 is 22.6 Å². The molecule has 0 saturated carbocycles. The van der Waals surface area contributed by atoms with Crippen molar-refractivity contribution >= 4 is 39.2 Å². The maximum atomic E-state index is 12.9. The van der Waals surface area contributed by atoms with Gasteiger partial charge in [0.2, 0.25) is 10.0 Å². The molecule has 1 amide bonds. The average Bonchev–Trinajstić information content (AvgIpc) is 3.13. The summed E-state index contributed by atoms with van der Waals surface area (Å²) < 4.78 is 32.5. The molecule has 1 atom stereocenters. The van der Waals surface area contributed by atoms with Crippen LogP contribution in [0.2, 0.25) is 5.02 Å². The molecule has 32 heavy (non-hydrogen) atoms. The van der Waals surface area contributed by atoms with Crippen molar-refractivity contribution in [3.63, 3.8) is 0 Å². The molecule has 2 aliphatic rings. The van der Waals surface area contributed by atoms with Gasteiger partial charge in [0, 0.05) is 24.8 Å². The fourth-order valence-electron chi connectivity index (χ4n) is 4.30. The van der Waals surface area contributed by atoms with Gasteiger partial charge < -0.3 is 9.64 Å². The molecule has 1 saturated heterocycles. The summed E-state index contributed by atoms with van der Waals surface area (Å²) in [5.74, 6) is -1.18. The lowest BCUT2D eigenvalue weighted by molar-refractivity contribution is -0.122. The number of rotatable bonds is 5. The van der Waals surface area contributed by atoms with E-state index in [0.717, 1.165) is 36.9 Å². The van der Waals surface area contributed by atoms with Crippen LogP contribution in [0.25, 0.3) is 0 Å². The first kappa shape index (κ1) is 22.8. The number of carbonyl (C=O) groups is 2. The van der Waals surface area contributed by atoms with Crippen LogP contribution in [0.3, 0.4) is 0 Å². The second kappa shape index (κ2) is 9.21. The summed E-state index contributed by atoms with van der Waals surface area (Å²) in [6.45, 7) is 2.38. The highest BCUT2D eigenvalue weighted by Gasteiger charge is 2.32. The molecule has 170 valence electrons. The Labute approximate surface area is 193 Å². The number of benzene rings is 2. The molecule has 9 heteroatoms. The first-order valence-corrected chi connectivity index (χ1v) is 12.5. The number of esters is 1. The number of piperidine rings is 1. The number of para-hydroxylation sites is 1. The van der Waals surface area contributed by atoms with Crippen LogP contribution in [0.4, 0.5) is 5.69 Å². The molecule has 2 aromatic rings. The smallest absolute Gasteiger partial charge is 0.340 e. The van der Waals surface area contributed by atoms with E-state index in [1.807, 2.05) is 31.2 Å². The maximum Gasteiger partial charge on any atom is 0.340 e. The van der Waals surface area contributed by atoms with Crippen LogP contribution < -0.4 is 4.90 Å². The zero-order chi connectivity index (χ0) is 22.9. The van der Waals surface area contributed by atoms with Gasteiger partial charge in [-0.15, -0.1) is 0 Å². The molecule has 0 aromatic heterocycles. The minimum Gasteiger partial charge on any atom is -0.452 e. The van der Waals surface area contributed by atoms with Gasteiger partial charge in [0.25, 0.3) is 5.91 Å². The van der Waals surface area contributed by atoms with E-state index in [2.05, 4.69) is 0 Å². The van der Waals surface area contributed by atoms with E-state index in [1.165, 1.54) is 22.5 Å². The number of nitrogens with zero attached hydrogens (tertiary/aromatic N) is 2. The molecule has 4 rings (SSSR count). The van der Waals surface area contributed by atoms with Gasteiger partial charge in [0.15, 0.2) is 6.61 Å². The largest absolute Gasteiger partial charge is 0.452 e. The van der Waals surface area contributed by atoms with Gasteiger partial charge in [0.05, 0.1) is 15.5 Å². The van der Waals surface area contributed by atoms with Crippen LogP contribution >= 0.6 is 11.6 Å². The van der Waals surface area contributed by atoms with Gasteiger partial charge in [-0.3, -0.25) is 4.79 Å². The van der Waals surface area contributed by atoms with Crippen LogP contribution in [0.5, 0.6) is 0 Å². The maximum absolute atomic E-state index is 12.9. The van der Waals surface area contributed by atoms with Crippen LogP contribution in [-0.4, -0.2) is 50.3 Å². The van der Waals surface area contributed by atoms with Crippen LogP contribution in [0.1, 0.15) is 42.1 Å². The molecular weight excluding hydrogens is 452 g/mol. The number of ether oxygens (including phenoxy) is 1. The standard InChI is InChI=1S/C23H25ClN2O5S/c1-16-13-17-7-3-4-8-21(17)26(16)22(27)15-31-23(28)19-14-18(9-10-20(19)24)32(29,30)25-11-5-2-6-12-25/h3-4,7-10,14,16H,2,5-6,11-13,15H2,1H3/t16-/m1/s1. The summed E-state index contributed by atoms with van der Waals surface area (Å²) >= 11 is 6.15. The third-order valence-corrected chi connectivity index (χ3v) is 8.14. The summed E-state index contributed by atoms with van der Waals surface area (Å²) in [5.41, 5.74) is 1.81. The lowest BCUT2D eigenvalue weighted by Crippen LogP contribution is -2.38. The number of hydrogen-bond donors (Lipinski definition) is 0. The van der Waals surface area contributed by atoms with E-state index >= 15 is 0 Å². The van der Waals surface area contributed by atoms with Gasteiger partial charge >= 0.3 is 5.97 Å². The van der Waals surface area contributed by atoms with E-state index in [-0.39, 0.29) is 27.4 Å². The van der Waals surface area contributed by atoms with Gasteiger partial charge in [-0.2, -0.15) is 4.31 Å². The number of hydrogen-bond acceptors (Lipinski definition) is 5. The number of sulfonamides is 1. The molecule has 2 aromatic carbocycles. The third kappa shape index (κ3) is 4.40. The molecule has 0 aliphatic carbocycles. The van der Waals surface area contributed by atoms with E-state index in [1.54, 1.807) is 4.90 Å². The van der Waals surface area contributed by atoms with Crippen molar-refractivity contribution < 1.29 is 22.7 Å². The van der Waals surface area contributed by atoms with Crippen molar-refractivity contribution in [3.05, 3.63) is 58.6 Å². The molecule has 2 heterocycles. The Morgan fingerprint density at radius 2 is 1.81 bits per heavy atom. The minimum atomic E-state index is -3.73. The number of halogens is 1. The fraction of sp³-hybridized carbons (Fsp3) is 0.391. The van der Waals surface area contributed by atoms with Crippen molar-refractivity contribution in [3.8, 4) is 0 Å². The lowest BCUT2D eigenvalue weighted by Gasteiger charge is -2.26. The van der Waals surface area contributed by atoms with Gasteiger partial charge in [0.1, 0.15) is 0 Å². The van der Waals surface area contributed by atoms with Crippen molar-refractivity contribution in [1.29, 1.82) is 0 Å². The highest BCUT2D eigenvalue weighted by atomic mass is 35.5. The van der Waals surface area contributed by atoms with Crippen molar-refractivity contribution in [2.45, 2.75) is 43.5 Å². The molecular formula is C23H25ClN2O5S. The Balaban J connectivity index is 1.48. The second-order valence-corrected chi connectivity index (χ2v) is 10.5. The zero-order valence-corrected chi connectivity index (χ0v) is 19.4. The van der Waals surface area contributed by atoms with E-state index in [0.29, 0.717) is 13.1 Å². The first-order chi connectivity index (χ1) is 15.3. The summed E-state index contributed by atoms with van der Waals surface area (Å²) in [6.07, 6.45) is 3.35. The normalized spacial score (nSPS) is 18.9. The number of carbonyl (C=O) groups excluding carboxylic acids is 2. The SMILES string of the molecule is C[C@@H]1Cc2ccccc2N1C(=O)COC(=O)c1cc(S(=O)(=O)N2CCCCC2)ccc1Cl. The highest BCUT2D eigenvalue weighted by Crippen LogP contribution is 2.32. The lowest BCUT2D eigenvalue weighted by atomic mass is 10.1. The Morgan fingerprint density at radius 3 is 2.56 bits per heavy atom. The molecule has 7 nitrogen and oxygen atoms in total.